The lowest BCUT2D eigenvalue weighted by molar-refractivity contribution is 0.0858. The van der Waals surface area contributed by atoms with Crippen molar-refractivity contribution in [3.05, 3.63) is 71.8 Å². The molecule has 1 aliphatic heterocycles. The minimum atomic E-state index is -0.131. The van der Waals surface area contributed by atoms with E-state index in [0.717, 1.165) is 35.9 Å². The van der Waals surface area contributed by atoms with Gasteiger partial charge in [-0.1, -0.05) is 48.5 Å². The Morgan fingerprint density at radius 3 is 2.78 bits per heavy atom. The van der Waals surface area contributed by atoms with E-state index >= 15 is 0 Å². The molecule has 0 saturated carbocycles. The standard InChI is InChI=1S/C22H22N2O3/c25-22(23-14-17-9-6-12-26-17)19-13-21(24-20-11-5-4-10-18(19)20)27-15-16-7-2-1-3-8-16/h1-5,7-8,10-11,13,17H,6,9,12,14-15H2,(H,23,25)/t17-/m1/s1. The number of carbonyl (C=O) groups is 1. The van der Waals surface area contributed by atoms with E-state index in [4.69, 9.17) is 9.47 Å². The van der Waals surface area contributed by atoms with Crippen LogP contribution in [-0.2, 0) is 11.3 Å². The Balaban J connectivity index is 1.55. The molecule has 5 heteroatoms. The van der Waals surface area contributed by atoms with Gasteiger partial charge in [0.15, 0.2) is 0 Å². The fourth-order valence-electron chi connectivity index (χ4n) is 3.25. The third kappa shape index (κ3) is 4.26. The van der Waals surface area contributed by atoms with E-state index in [-0.39, 0.29) is 12.0 Å². The molecule has 4 rings (SSSR count). The van der Waals surface area contributed by atoms with Gasteiger partial charge in [0.05, 0.1) is 17.2 Å². The van der Waals surface area contributed by atoms with Gasteiger partial charge in [0, 0.05) is 24.6 Å². The molecule has 27 heavy (non-hydrogen) atoms. The smallest absolute Gasteiger partial charge is 0.252 e. The Labute approximate surface area is 158 Å². The lowest BCUT2D eigenvalue weighted by Gasteiger charge is -2.13. The maximum absolute atomic E-state index is 12.8. The van der Waals surface area contributed by atoms with Crippen molar-refractivity contribution < 1.29 is 14.3 Å². The summed E-state index contributed by atoms with van der Waals surface area (Å²) in [6.45, 7) is 1.70. The summed E-state index contributed by atoms with van der Waals surface area (Å²) in [6, 6.07) is 19.2. The molecular formula is C22H22N2O3. The molecule has 1 atom stereocenters. The number of aromatic nitrogens is 1. The molecule has 3 aromatic rings. The van der Waals surface area contributed by atoms with Gasteiger partial charge in [-0.05, 0) is 24.5 Å². The van der Waals surface area contributed by atoms with E-state index in [9.17, 15) is 4.79 Å². The Hall–Kier alpha value is -2.92. The minimum Gasteiger partial charge on any atom is -0.473 e. The summed E-state index contributed by atoms with van der Waals surface area (Å²) in [5.41, 5.74) is 2.36. The number of amides is 1. The first-order valence-corrected chi connectivity index (χ1v) is 9.26. The second-order valence-electron chi connectivity index (χ2n) is 6.64. The van der Waals surface area contributed by atoms with Crippen LogP contribution in [0.2, 0.25) is 0 Å². The van der Waals surface area contributed by atoms with Crippen LogP contribution >= 0.6 is 0 Å². The highest BCUT2D eigenvalue weighted by atomic mass is 16.5. The number of benzene rings is 2. The fourth-order valence-corrected chi connectivity index (χ4v) is 3.25. The highest BCUT2D eigenvalue weighted by Crippen LogP contribution is 2.23. The molecule has 138 valence electrons. The van der Waals surface area contributed by atoms with Crippen LogP contribution in [0.4, 0.5) is 0 Å². The molecule has 0 unspecified atom stereocenters. The molecule has 0 aliphatic carbocycles. The van der Waals surface area contributed by atoms with Gasteiger partial charge in [0.1, 0.15) is 6.61 Å². The average molecular weight is 362 g/mol. The second-order valence-corrected chi connectivity index (χ2v) is 6.64. The molecule has 2 heterocycles. The lowest BCUT2D eigenvalue weighted by Crippen LogP contribution is -2.31. The maximum Gasteiger partial charge on any atom is 0.252 e. The molecule has 0 bridgehead atoms. The van der Waals surface area contributed by atoms with Crippen molar-refractivity contribution in [3.8, 4) is 5.88 Å². The molecular weight excluding hydrogens is 340 g/mol. The minimum absolute atomic E-state index is 0.107. The number of fused-ring (bicyclic) bond motifs is 1. The molecule has 1 fully saturated rings. The number of hydrogen-bond donors (Lipinski definition) is 1. The van der Waals surface area contributed by atoms with Gasteiger partial charge in [0.25, 0.3) is 5.91 Å². The highest BCUT2D eigenvalue weighted by molar-refractivity contribution is 6.06. The summed E-state index contributed by atoms with van der Waals surface area (Å²) in [5.74, 6) is 0.313. The zero-order valence-corrected chi connectivity index (χ0v) is 15.1. The van der Waals surface area contributed by atoms with Gasteiger partial charge in [-0.25, -0.2) is 4.98 Å². The summed E-state index contributed by atoms with van der Waals surface area (Å²) in [7, 11) is 0. The van der Waals surface area contributed by atoms with Crippen molar-refractivity contribution in [2.45, 2.75) is 25.6 Å². The van der Waals surface area contributed by atoms with Crippen LogP contribution in [-0.4, -0.2) is 30.1 Å². The summed E-state index contributed by atoms with van der Waals surface area (Å²) in [5, 5.41) is 3.80. The van der Waals surface area contributed by atoms with E-state index in [1.165, 1.54) is 0 Å². The van der Waals surface area contributed by atoms with Gasteiger partial charge in [0.2, 0.25) is 5.88 Å². The first kappa shape index (κ1) is 17.5. The molecule has 1 saturated heterocycles. The van der Waals surface area contributed by atoms with Crippen LogP contribution in [0.5, 0.6) is 5.88 Å². The van der Waals surface area contributed by atoms with Gasteiger partial charge in [-0.2, -0.15) is 0 Å². The molecule has 1 amide bonds. The fraction of sp³-hybridized carbons (Fsp3) is 0.273. The van der Waals surface area contributed by atoms with Crippen LogP contribution in [0.3, 0.4) is 0 Å². The van der Waals surface area contributed by atoms with Crippen LogP contribution in [0.25, 0.3) is 10.9 Å². The van der Waals surface area contributed by atoms with E-state index in [1.54, 1.807) is 6.07 Å². The van der Waals surface area contributed by atoms with E-state index in [1.807, 2.05) is 54.6 Å². The van der Waals surface area contributed by atoms with Gasteiger partial charge >= 0.3 is 0 Å². The molecule has 1 aliphatic rings. The Morgan fingerprint density at radius 2 is 1.96 bits per heavy atom. The number of carbonyl (C=O) groups excluding carboxylic acids is 1. The second kappa shape index (κ2) is 8.18. The van der Waals surface area contributed by atoms with Gasteiger partial charge in [-0.3, -0.25) is 4.79 Å². The quantitative estimate of drug-likeness (QED) is 0.726. The van der Waals surface area contributed by atoms with Gasteiger partial charge < -0.3 is 14.8 Å². The van der Waals surface area contributed by atoms with Crippen molar-refractivity contribution in [2.75, 3.05) is 13.2 Å². The molecule has 1 aromatic heterocycles. The zero-order chi connectivity index (χ0) is 18.5. The topological polar surface area (TPSA) is 60.5 Å². The van der Waals surface area contributed by atoms with Crippen LogP contribution in [0.1, 0.15) is 28.8 Å². The monoisotopic (exact) mass is 362 g/mol. The third-order valence-corrected chi connectivity index (χ3v) is 4.68. The van der Waals surface area contributed by atoms with E-state index in [2.05, 4.69) is 10.3 Å². The number of hydrogen-bond acceptors (Lipinski definition) is 4. The van der Waals surface area contributed by atoms with Crippen LogP contribution in [0.15, 0.2) is 60.7 Å². The Morgan fingerprint density at radius 1 is 1.15 bits per heavy atom. The first-order valence-electron chi connectivity index (χ1n) is 9.26. The third-order valence-electron chi connectivity index (χ3n) is 4.68. The number of para-hydroxylation sites is 1. The summed E-state index contributed by atoms with van der Waals surface area (Å²) in [4.78, 5) is 17.3. The van der Waals surface area contributed by atoms with Crippen molar-refractivity contribution >= 4 is 16.8 Å². The van der Waals surface area contributed by atoms with Crippen molar-refractivity contribution in [2.24, 2.45) is 0 Å². The summed E-state index contributed by atoms with van der Waals surface area (Å²) in [6.07, 6.45) is 2.15. The average Bonchev–Trinajstić information content (AvgIpc) is 3.24. The molecule has 5 nitrogen and oxygen atoms in total. The number of pyridine rings is 1. The zero-order valence-electron chi connectivity index (χ0n) is 15.1. The molecule has 1 N–H and O–H groups in total. The number of ether oxygens (including phenoxy) is 2. The van der Waals surface area contributed by atoms with Crippen LogP contribution < -0.4 is 10.1 Å². The Bertz CT molecular complexity index is 921. The molecule has 2 aromatic carbocycles. The predicted molar refractivity (Wildman–Crippen MR) is 104 cm³/mol. The van der Waals surface area contributed by atoms with Gasteiger partial charge in [-0.15, -0.1) is 0 Å². The molecule has 0 spiro atoms. The summed E-state index contributed by atoms with van der Waals surface area (Å²) < 4.78 is 11.4. The number of rotatable bonds is 6. The van der Waals surface area contributed by atoms with Crippen molar-refractivity contribution in [1.82, 2.24) is 10.3 Å². The van der Waals surface area contributed by atoms with Crippen molar-refractivity contribution in [1.29, 1.82) is 0 Å². The predicted octanol–water partition coefficient (Wildman–Crippen LogP) is 3.72. The lowest BCUT2D eigenvalue weighted by atomic mass is 10.1. The maximum atomic E-state index is 12.8. The highest BCUT2D eigenvalue weighted by Gasteiger charge is 2.18. The van der Waals surface area contributed by atoms with E-state index < -0.39 is 0 Å². The normalized spacial score (nSPS) is 16.4. The Kier molecular flexibility index (Phi) is 5.30. The van der Waals surface area contributed by atoms with E-state index in [0.29, 0.717) is 24.6 Å². The number of nitrogens with zero attached hydrogens (tertiary/aromatic N) is 1. The SMILES string of the molecule is O=C(NC[C@H]1CCCO1)c1cc(OCc2ccccc2)nc2ccccc12. The first-order chi connectivity index (χ1) is 13.3. The van der Waals surface area contributed by atoms with Crippen molar-refractivity contribution in [3.63, 3.8) is 0 Å². The molecule has 0 radical (unpaired) electrons. The largest absolute Gasteiger partial charge is 0.473 e. The van der Waals surface area contributed by atoms with Crippen LogP contribution in [0, 0.1) is 0 Å². The summed E-state index contributed by atoms with van der Waals surface area (Å²) >= 11 is 0. The number of nitrogens with one attached hydrogen (secondary N) is 1.